The van der Waals surface area contributed by atoms with Gasteiger partial charge in [-0.05, 0) is 181 Å². The lowest BCUT2D eigenvalue weighted by Gasteiger charge is -2.43. The van der Waals surface area contributed by atoms with Crippen LogP contribution in [0.5, 0.6) is 0 Å². The second-order valence-electron chi connectivity index (χ2n) is 26.8. The fourth-order valence-electron chi connectivity index (χ4n) is 14.2. The molecule has 0 fully saturated rings. The molecule has 4 aliphatic rings. The van der Waals surface area contributed by atoms with E-state index in [1.165, 1.54) is 119 Å². The molecule has 0 amide bonds. The second-order valence-corrected chi connectivity index (χ2v) is 26.8. The minimum atomic E-state index is -0.00852. The van der Waals surface area contributed by atoms with Crippen molar-refractivity contribution in [1.82, 2.24) is 4.57 Å². The predicted molar refractivity (Wildman–Crippen MR) is 319 cm³/mol. The number of hydrogen-bond acceptors (Lipinski definition) is 2. The molecule has 8 aromatic carbocycles. The van der Waals surface area contributed by atoms with Crippen LogP contribution in [0.3, 0.4) is 0 Å². The van der Waals surface area contributed by atoms with Gasteiger partial charge in [0.2, 0.25) is 0 Å². The Labute approximate surface area is 441 Å². The lowest BCUT2D eigenvalue weighted by Crippen LogP contribution is -2.41. The molecule has 0 saturated carbocycles. The van der Waals surface area contributed by atoms with Gasteiger partial charge in [-0.3, -0.25) is 0 Å². The predicted octanol–water partition coefficient (Wildman–Crippen LogP) is 17.8. The van der Waals surface area contributed by atoms with Crippen LogP contribution in [0.1, 0.15) is 155 Å². The van der Waals surface area contributed by atoms with Gasteiger partial charge < -0.3 is 14.8 Å². The van der Waals surface area contributed by atoms with Gasteiger partial charge in [0.15, 0.2) is 7.28 Å². The summed E-state index contributed by atoms with van der Waals surface area (Å²) in [6.07, 6.45) is 6.98. The second kappa shape index (κ2) is 16.0. The first kappa shape index (κ1) is 47.2. The molecule has 1 aliphatic heterocycles. The molecular weight excluding hydrogens is 894 g/mol. The van der Waals surface area contributed by atoms with Crippen molar-refractivity contribution >= 4 is 79.2 Å². The quantitative estimate of drug-likeness (QED) is 0.168. The van der Waals surface area contributed by atoms with Crippen molar-refractivity contribution in [2.24, 2.45) is 0 Å². The average Bonchev–Trinajstić information content (AvgIpc) is 3.77. The third kappa shape index (κ3) is 7.13. The number of hydrogen-bond donors (Lipinski definition) is 1. The minimum absolute atomic E-state index is 0.00852. The molecule has 3 aliphatic carbocycles. The van der Waals surface area contributed by atoms with Gasteiger partial charge in [-0.15, -0.1) is 0 Å². The number of aromatic nitrogens is 1. The van der Waals surface area contributed by atoms with Crippen molar-refractivity contribution in [3.63, 3.8) is 0 Å². The van der Waals surface area contributed by atoms with Crippen molar-refractivity contribution < 1.29 is 0 Å². The molecule has 3 nitrogen and oxygen atoms in total. The maximum Gasteiger partial charge on any atom is 0.197 e. The zero-order valence-corrected chi connectivity index (χ0v) is 46.1. The average molecular weight is 967 g/mol. The molecule has 0 unspecified atom stereocenters. The summed E-state index contributed by atoms with van der Waals surface area (Å²) in [5.41, 5.74) is 23.8. The minimum Gasteiger partial charge on any atom is -0.355 e. The van der Waals surface area contributed by atoms with Gasteiger partial charge in [0.05, 0.1) is 16.7 Å². The van der Waals surface area contributed by atoms with Gasteiger partial charge in [0, 0.05) is 50.2 Å². The molecule has 2 heterocycles. The summed E-state index contributed by atoms with van der Waals surface area (Å²) in [5.74, 6) is 0. The summed E-state index contributed by atoms with van der Waals surface area (Å²) >= 11 is 0. The van der Waals surface area contributed by atoms with Gasteiger partial charge in [0.1, 0.15) is 0 Å². The number of nitrogens with zero attached hydrogens (tertiary/aromatic N) is 2. The first-order valence-electron chi connectivity index (χ1n) is 27.7. The van der Waals surface area contributed by atoms with Crippen LogP contribution in [0, 0.1) is 0 Å². The normalized spacial score (nSPS) is 19.0. The van der Waals surface area contributed by atoms with Crippen molar-refractivity contribution in [3.05, 3.63) is 179 Å². The van der Waals surface area contributed by atoms with Gasteiger partial charge in [0.25, 0.3) is 0 Å². The Balaban J connectivity index is 1.20. The maximum atomic E-state index is 4.24. The summed E-state index contributed by atoms with van der Waals surface area (Å²) in [5, 5.41) is 9.30. The third-order valence-corrected chi connectivity index (χ3v) is 19.2. The van der Waals surface area contributed by atoms with Crippen LogP contribution in [0.4, 0.5) is 28.4 Å². The zero-order valence-electron chi connectivity index (χ0n) is 46.1. The van der Waals surface area contributed by atoms with E-state index in [1.54, 1.807) is 0 Å². The van der Waals surface area contributed by atoms with Gasteiger partial charge in [-0.2, -0.15) is 0 Å². The van der Waals surface area contributed by atoms with Gasteiger partial charge in [-0.1, -0.05) is 173 Å². The Morgan fingerprint density at radius 3 is 1.55 bits per heavy atom. The molecule has 1 aromatic heterocycles. The SMILES string of the molecule is CC1(C)CCC(C)(C)c2cc(Nc3cc4c(cc3-c3cc(N(c5ccccc5)c5ccccc5)c5c6ccc7ccccc7c6n6c5c3[B]c3cc5c(cc3-6)C(C)(C)CCC5(C)C)C(C)(C)CCC4(C)C)ccc21. The molecule has 1 radical (unpaired) electrons. The summed E-state index contributed by atoms with van der Waals surface area (Å²) in [4.78, 5) is 2.53. The molecule has 371 valence electrons. The Bertz CT molecular complexity index is 3750. The van der Waals surface area contributed by atoms with E-state index >= 15 is 0 Å². The highest BCUT2D eigenvalue weighted by atomic mass is 15.1. The molecular formula is C70H73BN3. The van der Waals surface area contributed by atoms with E-state index < -0.39 is 0 Å². The number of anilines is 5. The Hall–Kier alpha value is -6.52. The first-order valence-corrected chi connectivity index (χ1v) is 27.7. The van der Waals surface area contributed by atoms with Crippen LogP contribution in [0.2, 0.25) is 0 Å². The Kier molecular flexibility index (Phi) is 10.2. The van der Waals surface area contributed by atoms with E-state index in [9.17, 15) is 0 Å². The van der Waals surface area contributed by atoms with Crippen molar-refractivity contribution in [3.8, 4) is 16.8 Å². The largest absolute Gasteiger partial charge is 0.355 e. The highest BCUT2D eigenvalue weighted by molar-refractivity contribution is 6.74. The van der Waals surface area contributed by atoms with Crippen LogP contribution in [-0.2, 0) is 32.5 Å². The summed E-state index contributed by atoms with van der Waals surface area (Å²) in [7, 11) is 2.59. The van der Waals surface area contributed by atoms with Crippen LogP contribution in [-0.4, -0.2) is 11.8 Å². The summed E-state index contributed by atoms with van der Waals surface area (Å²) in [6, 6.07) is 56.3. The molecule has 13 rings (SSSR count). The third-order valence-electron chi connectivity index (χ3n) is 19.2. The van der Waals surface area contributed by atoms with E-state index in [0.29, 0.717) is 0 Å². The molecule has 4 heteroatoms. The molecule has 1 N–H and O–H groups in total. The molecule has 0 atom stereocenters. The first-order chi connectivity index (χ1) is 35.1. The van der Waals surface area contributed by atoms with Crippen LogP contribution in [0.15, 0.2) is 146 Å². The van der Waals surface area contributed by atoms with Crippen molar-refractivity contribution in [1.29, 1.82) is 0 Å². The fourth-order valence-corrected chi connectivity index (χ4v) is 14.2. The Morgan fingerprint density at radius 1 is 0.432 bits per heavy atom. The van der Waals surface area contributed by atoms with Gasteiger partial charge in [-0.25, -0.2) is 0 Å². The standard InChI is InChI=1S/C70H73BN3/c1-65(2)31-32-66(3,4)52-37-44(28-30-51(52)65)72-58-41-55-53(67(5,6)33-35-69(55,9)10)38-49(58)50-39-60(73(45-22-15-13-16-23-45)46-24-17-14-18-25-46)61-48-29-27-43-21-19-20-26-47(43)63(48)74-59-42-56-54(40-57(59)71-62(50)64(61)74)68(7,8)34-36-70(56,11)12/h13-30,37-42,72H,31-36H2,1-12H3. The van der Waals surface area contributed by atoms with Crippen LogP contribution < -0.4 is 21.1 Å². The molecule has 0 spiro atoms. The van der Waals surface area contributed by atoms with E-state index in [2.05, 4.69) is 251 Å². The number of nitrogens with one attached hydrogen (secondary N) is 1. The Morgan fingerprint density at radius 2 is 0.946 bits per heavy atom. The highest BCUT2D eigenvalue weighted by Gasteiger charge is 2.42. The molecule has 74 heavy (non-hydrogen) atoms. The topological polar surface area (TPSA) is 20.2 Å². The summed E-state index contributed by atoms with van der Waals surface area (Å²) < 4.78 is 2.71. The molecule has 0 saturated heterocycles. The number of benzene rings is 8. The van der Waals surface area contributed by atoms with E-state index in [0.717, 1.165) is 42.0 Å². The summed E-state index contributed by atoms with van der Waals surface area (Å²) in [6.45, 7) is 29.5. The van der Waals surface area contributed by atoms with Crippen molar-refractivity contribution in [2.45, 2.75) is 154 Å². The lowest BCUT2D eigenvalue weighted by atomic mass is 9.55. The van der Waals surface area contributed by atoms with Gasteiger partial charge >= 0.3 is 0 Å². The van der Waals surface area contributed by atoms with Crippen molar-refractivity contribution in [2.75, 3.05) is 10.2 Å². The fraction of sp³-hybridized carbons (Fsp3) is 0.343. The van der Waals surface area contributed by atoms with E-state index in [4.69, 9.17) is 0 Å². The number of fused-ring (bicyclic) bond motifs is 10. The van der Waals surface area contributed by atoms with Crippen LogP contribution in [0.25, 0.3) is 49.4 Å². The maximum absolute atomic E-state index is 4.24. The smallest absolute Gasteiger partial charge is 0.197 e. The monoisotopic (exact) mass is 967 g/mol. The van der Waals surface area contributed by atoms with E-state index in [-0.39, 0.29) is 32.5 Å². The highest BCUT2D eigenvalue weighted by Crippen LogP contribution is 2.54. The lowest BCUT2D eigenvalue weighted by molar-refractivity contribution is 0.332. The molecule has 9 aromatic rings. The van der Waals surface area contributed by atoms with E-state index in [1.807, 2.05) is 0 Å². The molecule has 0 bridgehead atoms. The zero-order chi connectivity index (χ0) is 51.5. The van der Waals surface area contributed by atoms with Crippen LogP contribution >= 0.6 is 0 Å². The number of rotatable bonds is 6. The number of para-hydroxylation sites is 2.